The summed E-state index contributed by atoms with van der Waals surface area (Å²) in [7, 11) is 0. The molecule has 2 amide bonds. The molecular weight excluding hydrogens is 388 g/mol. The molecule has 0 radical (unpaired) electrons. The third-order valence-electron chi connectivity index (χ3n) is 6.78. The SMILES string of the molecule is C=CCN(C(=O)C1N(CCO)C(=O)[C@@H]2[C@H](C(=O)OCC)[C@]3(C)CCC12O3)C(C)(C)C. The third kappa shape index (κ3) is 3.15. The summed E-state index contributed by atoms with van der Waals surface area (Å²) < 4.78 is 11.7. The van der Waals surface area contributed by atoms with Crippen LogP contribution in [0.15, 0.2) is 12.7 Å². The Kier molecular flexibility index (Phi) is 5.79. The van der Waals surface area contributed by atoms with Crippen molar-refractivity contribution in [1.82, 2.24) is 9.80 Å². The lowest BCUT2D eigenvalue weighted by molar-refractivity contribution is -0.161. The summed E-state index contributed by atoms with van der Waals surface area (Å²) in [6, 6.07) is -0.900. The van der Waals surface area contributed by atoms with Gasteiger partial charge in [0.15, 0.2) is 0 Å². The van der Waals surface area contributed by atoms with Gasteiger partial charge in [-0.25, -0.2) is 0 Å². The minimum atomic E-state index is -1.10. The number of aliphatic hydroxyl groups is 1. The fraction of sp³-hybridized carbons (Fsp3) is 0.773. The maximum Gasteiger partial charge on any atom is 0.312 e. The standard InChI is InChI=1S/C22H34N2O6/c1-7-11-24(20(3,4)5)18(27)16-22-10-9-21(6,30-22)15(19(28)29-8-2)14(22)17(26)23(16)12-13-25/h7,14-16,25H,1,8-13H2,2-6H3/t14-,15+,16?,21-,22?/m0/s1. The number of hydrogen-bond acceptors (Lipinski definition) is 6. The Bertz CT molecular complexity index is 746. The van der Waals surface area contributed by atoms with Gasteiger partial charge < -0.3 is 24.4 Å². The quantitative estimate of drug-likeness (QED) is 0.488. The number of β-amino-alcohol motifs (C(OH)–C–C–N with tert-alkyl or cyclic N) is 1. The second-order valence-corrected chi connectivity index (χ2v) is 9.64. The van der Waals surface area contributed by atoms with E-state index in [-0.39, 0.29) is 31.6 Å². The highest BCUT2D eigenvalue weighted by molar-refractivity contribution is 5.98. The van der Waals surface area contributed by atoms with Crippen molar-refractivity contribution in [3.63, 3.8) is 0 Å². The number of fused-ring (bicyclic) bond motifs is 1. The number of aliphatic hydroxyl groups excluding tert-OH is 1. The summed E-state index contributed by atoms with van der Waals surface area (Å²) in [4.78, 5) is 43.3. The first kappa shape index (κ1) is 22.7. The Morgan fingerprint density at radius 1 is 1.40 bits per heavy atom. The summed E-state index contributed by atoms with van der Waals surface area (Å²) in [5.41, 5.74) is -2.45. The molecule has 3 saturated heterocycles. The fourth-order valence-electron chi connectivity index (χ4n) is 5.61. The van der Waals surface area contributed by atoms with Crippen LogP contribution in [0.4, 0.5) is 0 Å². The van der Waals surface area contributed by atoms with Crippen LogP contribution in [0, 0.1) is 11.8 Å². The molecule has 168 valence electrons. The zero-order valence-electron chi connectivity index (χ0n) is 18.6. The Labute approximate surface area is 178 Å². The van der Waals surface area contributed by atoms with Gasteiger partial charge in [0.25, 0.3) is 0 Å². The van der Waals surface area contributed by atoms with Gasteiger partial charge in [-0.3, -0.25) is 14.4 Å². The number of nitrogens with zero attached hydrogens (tertiary/aromatic N) is 2. The van der Waals surface area contributed by atoms with Crippen LogP contribution >= 0.6 is 0 Å². The van der Waals surface area contributed by atoms with Crippen molar-refractivity contribution in [2.45, 2.75) is 70.2 Å². The van der Waals surface area contributed by atoms with Crippen molar-refractivity contribution in [3.8, 4) is 0 Å². The molecule has 3 heterocycles. The molecule has 0 aliphatic carbocycles. The summed E-state index contributed by atoms with van der Waals surface area (Å²) >= 11 is 0. The molecule has 0 aromatic heterocycles. The lowest BCUT2D eigenvalue weighted by Gasteiger charge is -2.41. The first-order valence-corrected chi connectivity index (χ1v) is 10.7. The Morgan fingerprint density at radius 3 is 2.60 bits per heavy atom. The Balaban J connectivity index is 2.09. The van der Waals surface area contributed by atoms with Crippen molar-refractivity contribution in [2.75, 3.05) is 26.3 Å². The molecule has 5 atom stereocenters. The van der Waals surface area contributed by atoms with Gasteiger partial charge in [-0.15, -0.1) is 6.58 Å². The molecule has 8 nitrogen and oxygen atoms in total. The lowest BCUT2D eigenvalue weighted by Crippen LogP contribution is -2.60. The molecule has 3 aliphatic heterocycles. The molecular formula is C22H34N2O6. The predicted octanol–water partition coefficient (Wildman–Crippen LogP) is 1.12. The van der Waals surface area contributed by atoms with E-state index in [1.165, 1.54) is 4.90 Å². The Morgan fingerprint density at radius 2 is 2.07 bits per heavy atom. The molecule has 2 bridgehead atoms. The third-order valence-corrected chi connectivity index (χ3v) is 6.78. The van der Waals surface area contributed by atoms with Crippen LogP contribution in [0.25, 0.3) is 0 Å². The molecule has 3 fully saturated rings. The van der Waals surface area contributed by atoms with E-state index in [2.05, 4.69) is 6.58 Å². The van der Waals surface area contributed by atoms with Gasteiger partial charge in [0.2, 0.25) is 11.8 Å². The van der Waals surface area contributed by atoms with E-state index in [4.69, 9.17) is 9.47 Å². The molecule has 3 aliphatic rings. The van der Waals surface area contributed by atoms with E-state index in [1.54, 1.807) is 17.9 Å². The predicted molar refractivity (Wildman–Crippen MR) is 109 cm³/mol. The maximum atomic E-state index is 13.9. The van der Waals surface area contributed by atoms with Crippen LogP contribution in [-0.4, -0.2) is 81.8 Å². The van der Waals surface area contributed by atoms with Gasteiger partial charge in [-0.05, 0) is 47.5 Å². The van der Waals surface area contributed by atoms with Crippen molar-refractivity contribution >= 4 is 17.8 Å². The lowest BCUT2D eigenvalue weighted by atomic mass is 9.66. The number of esters is 1. The number of amides is 2. The van der Waals surface area contributed by atoms with Crippen molar-refractivity contribution in [2.24, 2.45) is 11.8 Å². The number of likely N-dealkylation sites (tertiary alicyclic amines) is 1. The number of hydrogen-bond donors (Lipinski definition) is 1. The number of carbonyl (C=O) groups excluding carboxylic acids is 3. The molecule has 2 unspecified atom stereocenters. The van der Waals surface area contributed by atoms with Crippen LogP contribution in [0.5, 0.6) is 0 Å². The topological polar surface area (TPSA) is 96.4 Å². The summed E-state index contributed by atoms with van der Waals surface area (Å²) in [5, 5.41) is 9.62. The van der Waals surface area contributed by atoms with Crippen molar-refractivity contribution < 1.29 is 29.0 Å². The van der Waals surface area contributed by atoms with Crippen LogP contribution in [0.3, 0.4) is 0 Å². The fourth-order valence-corrected chi connectivity index (χ4v) is 5.61. The van der Waals surface area contributed by atoms with Crippen LogP contribution < -0.4 is 0 Å². The Hall–Kier alpha value is -1.93. The van der Waals surface area contributed by atoms with Gasteiger partial charge in [0.1, 0.15) is 17.6 Å². The molecule has 3 rings (SSSR count). The van der Waals surface area contributed by atoms with E-state index in [9.17, 15) is 19.5 Å². The van der Waals surface area contributed by atoms with E-state index in [0.717, 1.165) is 0 Å². The molecule has 8 heteroatoms. The van der Waals surface area contributed by atoms with Crippen LogP contribution in [0.1, 0.15) is 47.5 Å². The van der Waals surface area contributed by atoms with E-state index in [0.29, 0.717) is 19.4 Å². The molecule has 1 N–H and O–H groups in total. The van der Waals surface area contributed by atoms with Gasteiger partial charge >= 0.3 is 5.97 Å². The zero-order chi connectivity index (χ0) is 22.5. The van der Waals surface area contributed by atoms with E-state index >= 15 is 0 Å². The highest BCUT2D eigenvalue weighted by Crippen LogP contribution is 2.63. The van der Waals surface area contributed by atoms with Gasteiger partial charge in [-0.1, -0.05) is 6.08 Å². The second kappa shape index (κ2) is 7.64. The molecule has 1 spiro atoms. The number of ether oxygens (including phenoxy) is 2. The monoisotopic (exact) mass is 422 g/mol. The minimum Gasteiger partial charge on any atom is -0.466 e. The summed E-state index contributed by atoms with van der Waals surface area (Å²) in [5.74, 6) is -2.59. The highest BCUT2D eigenvalue weighted by atomic mass is 16.6. The maximum absolute atomic E-state index is 13.9. The van der Waals surface area contributed by atoms with Gasteiger partial charge in [-0.2, -0.15) is 0 Å². The first-order chi connectivity index (χ1) is 14.0. The van der Waals surface area contributed by atoms with Gasteiger partial charge in [0, 0.05) is 18.6 Å². The van der Waals surface area contributed by atoms with Crippen molar-refractivity contribution in [1.29, 1.82) is 0 Å². The number of carbonyl (C=O) groups is 3. The van der Waals surface area contributed by atoms with Crippen molar-refractivity contribution in [3.05, 3.63) is 12.7 Å². The molecule has 0 saturated carbocycles. The average Bonchev–Trinajstić information content (AvgIpc) is 3.20. The molecule has 30 heavy (non-hydrogen) atoms. The largest absolute Gasteiger partial charge is 0.466 e. The average molecular weight is 423 g/mol. The molecule has 0 aromatic carbocycles. The van der Waals surface area contributed by atoms with Crippen LogP contribution in [-0.2, 0) is 23.9 Å². The summed E-state index contributed by atoms with van der Waals surface area (Å²) in [6.07, 6.45) is 2.72. The highest BCUT2D eigenvalue weighted by Gasteiger charge is 2.78. The van der Waals surface area contributed by atoms with Gasteiger partial charge in [0.05, 0.1) is 24.7 Å². The zero-order valence-corrected chi connectivity index (χ0v) is 18.6. The first-order valence-electron chi connectivity index (χ1n) is 10.7. The minimum absolute atomic E-state index is 0.00911. The smallest absolute Gasteiger partial charge is 0.312 e. The summed E-state index contributed by atoms with van der Waals surface area (Å²) in [6.45, 7) is 13.3. The molecule has 0 aromatic rings. The number of rotatable bonds is 7. The van der Waals surface area contributed by atoms with Crippen LogP contribution in [0.2, 0.25) is 0 Å². The van der Waals surface area contributed by atoms with E-state index in [1.807, 2.05) is 27.7 Å². The second-order valence-electron chi connectivity index (χ2n) is 9.64. The van der Waals surface area contributed by atoms with E-state index < -0.39 is 40.6 Å². The normalized spacial score (nSPS) is 34.8.